The molecule has 4 nitrogen and oxygen atoms in total. The van der Waals surface area contributed by atoms with Gasteiger partial charge in [-0.2, -0.15) is 11.3 Å². The van der Waals surface area contributed by atoms with Crippen molar-refractivity contribution < 1.29 is 27.5 Å². The van der Waals surface area contributed by atoms with Crippen LogP contribution >= 0.6 is 11.3 Å². The first-order chi connectivity index (χ1) is 9.96. The van der Waals surface area contributed by atoms with Crippen LogP contribution in [0.1, 0.15) is 15.9 Å². The number of carbonyl (C=O) groups excluding carboxylic acids is 1. The SMILES string of the molecule is O=C(O/N=C\c1ccccc1OC(F)(F)F)c1ccsc1. The zero-order valence-corrected chi connectivity index (χ0v) is 11.1. The van der Waals surface area contributed by atoms with Gasteiger partial charge in [-0.1, -0.05) is 17.3 Å². The topological polar surface area (TPSA) is 47.9 Å². The molecule has 0 bridgehead atoms. The summed E-state index contributed by atoms with van der Waals surface area (Å²) in [4.78, 5) is 16.0. The first-order valence-corrected chi connectivity index (χ1v) is 6.52. The molecule has 1 heterocycles. The Morgan fingerprint density at radius 2 is 2.00 bits per heavy atom. The maximum absolute atomic E-state index is 12.2. The summed E-state index contributed by atoms with van der Waals surface area (Å²) in [5.41, 5.74) is 0.352. The Hall–Kier alpha value is -2.35. The molecule has 0 fully saturated rings. The molecule has 0 atom stereocenters. The first kappa shape index (κ1) is 15.0. The summed E-state index contributed by atoms with van der Waals surface area (Å²) in [6.07, 6.45) is -3.83. The number of thiophene rings is 1. The van der Waals surface area contributed by atoms with Gasteiger partial charge in [0.2, 0.25) is 0 Å². The van der Waals surface area contributed by atoms with Crippen molar-refractivity contribution >= 4 is 23.5 Å². The summed E-state index contributed by atoms with van der Waals surface area (Å²) in [6.45, 7) is 0. The van der Waals surface area contributed by atoms with Crippen LogP contribution in [0.2, 0.25) is 0 Å². The predicted octanol–water partition coefficient (Wildman–Crippen LogP) is 3.84. The Bertz CT molecular complexity index is 638. The molecule has 2 aromatic rings. The second-order valence-electron chi connectivity index (χ2n) is 3.71. The smallest absolute Gasteiger partial charge is 0.405 e. The highest BCUT2D eigenvalue weighted by Gasteiger charge is 2.31. The van der Waals surface area contributed by atoms with Gasteiger partial charge < -0.3 is 9.57 Å². The van der Waals surface area contributed by atoms with E-state index in [9.17, 15) is 18.0 Å². The van der Waals surface area contributed by atoms with Gasteiger partial charge in [-0.15, -0.1) is 13.2 Å². The van der Waals surface area contributed by atoms with Crippen LogP contribution in [0.25, 0.3) is 0 Å². The highest BCUT2D eigenvalue weighted by Crippen LogP contribution is 2.25. The maximum Gasteiger partial charge on any atom is 0.573 e. The van der Waals surface area contributed by atoms with Crippen LogP contribution in [-0.4, -0.2) is 18.5 Å². The third-order valence-corrected chi connectivity index (χ3v) is 2.91. The third kappa shape index (κ3) is 4.60. The largest absolute Gasteiger partial charge is 0.573 e. The number of hydrogen-bond acceptors (Lipinski definition) is 5. The van der Waals surface area contributed by atoms with E-state index in [0.29, 0.717) is 5.56 Å². The van der Waals surface area contributed by atoms with Gasteiger partial charge in [-0.05, 0) is 23.6 Å². The lowest BCUT2D eigenvalue weighted by atomic mass is 10.2. The summed E-state index contributed by atoms with van der Waals surface area (Å²) >= 11 is 1.31. The predicted molar refractivity (Wildman–Crippen MR) is 70.5 cm³/mol. The van der Waals surface area contributed by atoms with Crippen molar-refractivity contribution in [2.45, 2.75) is 6.36 Å². The van der Waals surface area contributed by atoms with Crippen LogP contribution in [0.5, 0.6) is 5.75 Å². The Labute approximate surface area is 121 Å². The highest BCUT2D eigenvalue weighted by atomic mass is 32.1. The number of rotatable bonds is 4. The quantitative estimate of drug-likeness (QED) is 0.489. The van der Waals surface area contributed by atoms with Crippen LogP contribution in [0.4, 0.5) is 13.2 Å². The van der Waals surface area contributed by atoms with Gasteiger partial charge in [0.05, 0.1) is 11.8 Å². The number of para-hydroxylation sites is 1. The molecule has 8 heteroatoms. The molecule has 0 aliphatic rings. The minimum atomic E-state index is -4.81. The van der Waals surface area contributed by atoms with Gasteiger partial charge in [-0.3, -0.25) is 0 Å². The van der Waals surface area contributed by atoms with Crippen LogP contribution in [0.15, 0.2) is 46.2 Å². The van der Waals surface area contributed by atoms with E-state index in [-0.39, 0.29) is 5.56 Å². The Morgan fingerprint density at radius 3 is 2.67 bits per heavy atom. The number of ether oxygens (including phenoxy) is 1. The number of alkyl halides is 3. The molecule has 2 rings (SSSR count). The molecule has 0 radical (unpaired) electrons. The molecule has 110 valence electrons. The summed E-state index contributed by atoms with van der Waals surface area (Å²) < 4.78 is 40.5. The Kier molecular flexibility index (Phi) is 4.59. The lowest BCUT2D eigenvalue weighted by Crippen LogP contribution is -2.18. The fraction of sp³-hybridized carbons (Fsp3) is 0.0769. The normalized spacial score (nSPS) is 11.6. The second kappa shape index (κ2) is 6.40. The lowest BCUT2D eigenvalue weighted by Gasteiger charge is -2.10. The molecule has 0 aliphatic carbocycles. The van der Waals surface area contributed by atoms with E-state index in [4.69, 9.17) is 0 Å². The molecular formula is C13H8F3NO3S. The van der Waals surface area contributed by atoms with Gasteiger partial charge in [0.1, 0.15) is 5.75 Å². The summed E-state index contributed by atoms with van der Waals surface area (Å²) in [5, 5.41) is 6.63. The summed E-state index contributed by atoms with van der Waals surface area (Å²) in [6, 6.07) is 6.92. The van der Waals surface area contributed by atoms with Crippen molar-refractivity contribution in [3.63, 3.8) is 0 Å². The van der Waals surface area contributed by atoms with Gasteiger partial charge >= 0.3 is 12.3 Å². The summed E-state index contributed by atoms with van der Waals surface area (Å²) in [5.74, 6) is -1.12. The number of hydrogen-bond donors (Lipinski definition) is 0. The zero-order valence-electron chi connectivity index (χ0n) is 10.3. The van der Waals surface area contributed by atoms with Crippen LogP contribution in [0.3, 0.4) is 0 Å². The average Bonchev–Trinajstić information content (AvgIpc) is 2.93. The Morgan fingerprint density at radius 1 is 1.24 bits per heavy atom. The average molecular weight is 315 g/mol. The molecular weight excluding hydrogens is 307 g/mol. The van der Waals surface area contributed by atoms with E-state index in [2.05, 4.69) is 14.7 Å². The highest BCUT2D eigenvalue weighted by molar-refractivity contribution is 7.08. The van der Waals surface area contributed by atoms with E-state index in [1.165, 1.54) is 29.5 Å². The standard InChI is InChI=1S/C13H8F3NO3S/c14-13(15,16)19-11-4-2-1-3-9(11)7-17-20-12(18)10-5-6-21-8-10/h1-8H/b17-7-. The molecule has 0 amide bonds. The molecule has 0 saturated heterocycles. The second-order valence-corrected chi connectivity index (χ2v) is 4.49. The van der Waals surface area contributed by atoms with Crippen molar-refractivity contribution in [1.29, 1.82) is 0 Å². The molecule has 0 spiro atoms. The van der Waals surface area contributed by atoms with E-state index < -0.39 is 18.1 Å². The van der Waals surface area contributed by atoms with Crippen LogP contribution < -0.4 is 4.74 Å². The minimum absolute atomic E-state index is 0.0351. The molecule has 0 unspecified atom stereocenters. The van der Waals surface area contributed by atoms with Gasteiger partial charge in [-0.25, -0.2) is 4.79 Å². The van der Waals surface area contributed by atoms with Crippen molar-refractivity contribution in [3.05, 3.63) is 52.2 Å². The third-order valence-electron chi connectivity index (χ3n) is 2.23. The van der Waals surface area contributed by atoms with Gasteiger partial charge in [0.25, 0.3) is 0 Å². The number of nitrogens with zero attached hydrogens (tertiary/aromatic N) is 1. The van der Waals surface area contributed by atoms with Crippen LogP contribution in [-0.2, 0) is 4.84 Å². The summed E-state index contributed by atoms with van der Waals surface area (Å²) in [7, 11) is 0. The van der Waals surface area contributed by atoms with Crippen molar-refractivity contribution in [1.82, 2.24) is 0 Å². The molecule has 0 saturated carbocycles. The minimum Gasteiger partial charge on any atom is -0.405 e. The lowest BCUT2D eigenvalue weighted by molar-refractivity contribution is -0.274. The molecule has 0 N–H and O–H groups in total. The number of halogens is 3. The number of oxime groups is 1. The number of carbonyl (C=O) groups is 1. The molecule has 0 aliphatic heterocycles. The zero-order chi connectivity index (χ0) is 15.3. The van der Waals surface area contributed by atoms with E-state index in [1.807, 2.05) is 0 Å². The molecule has 21 heavy (non-hydrogen) atoms. The fourth-order valence-corrected chi connectivity index (χ4v) is 1.99. The van der Waals surface area contributed by atoms with Crippen molar-refractivity contribution in [2.75, 3.05) is 0 Å². The number of benzene rings is 1. The van der Waals surface area contributed by atoms with Gasteiger partial charge in [0, 0.05) is 10.9 Å². The van der Waals surface area contributed by atoms with E-state index in [0.717, 1.165) is 12.3 Å². The Balaban J connectivity index is 2.05. The molecule has 1 aromatic heterocycles. The van der Waals surface area contributed by atoms with Crippen molar-refractivity contribution in [3.8, 4) is 5.75 Å². The molecule has 1 aromatic carbocycles. The van der Waals surface area contributed by atoms with E-state index in [1.54, 1.807) is 16.8 Å². The van der Waals surface area contributed by atoms with Crippen molar-refractivity contribution in [2.24, 2.45) is 5.16 Å². The monoisotopic (exact) mass is 315 g/mol. The fourth-order valence-electron chi connectivity index (χ4n) is 1.37. The van der Waals surface area contributed by atoms with Gasteiger partial charge in [0.15, 0.2) is 0 Å². The van der Waals surface area contributed by atoms with Crippen LogP contribution in [0, 0.1) is 0 Å². The first-order valence-electron chi connectivity index (χ1n) is 5.57. The maximum atomic E-state index is 12.2. The van der Waals surface area contributed by atoms with E-state index >= 15 is 0 Å².